The van der Waals surface area contributed by atoms with Gasteiger partial charge in [-0.15, -0.1) is 0 Å². The van der Waals surface area contributed by atoms with Crippen LogP contribution in [0, 0.1) is 0 Å². The van der Waals surface area contributed by atoms with E-state index in [0.29, 0.717) is 12.1 Å². The first-order valence-corrected chi connectivity index (χ1v) is 7.25. The van der Waals surface area contributed by atoms with Crippen LogP contribution in [0.3, 0.4) is 0 Å². The number of ether oxygens (including phenoxy) is 1. The summed E-state index contributed by atoms with van der Waals surface area (Å²) in [7, 11) is 1.76. The normalized spacial score (nSPS) is 14.3. The molecule has 2 unspecified atom stereocenters. The highest BCUT2D eigenvalue weighted by atomic mass is 16.5. The molecule has 3 nitrogen and oxygen atoms in total. The summed E-state index contributed by atoms with van der Waals surface area (Å²) in [5.41, 5.74) is 6.97. The van der Waals surface area contributed by atoms with E-state index in [0.717, 1.165) is 38.8 Å². The van der Waals surface area contributed by atoms with Crippen molar-refractivity contribution in [1.82, 2.24) is 5.32 Å². The molecule has 3 heteroatoms. The lowest BCUT2D eigenvalue weighted by atomic mass is 10.0. The van der Waals surface area contributed by atoms with E-state index in [1.54, 1.807) is 7.11 Å². The SMILES string of the molecule is COCC(CCCN)NC(C)CCc1ccccc1. The number of methoxy groups -OCH3 is 1. The van der Waals surface area contributed by atoms with Crippen molar-refractivity contribution in [3.05, 3.63) is 35.9 Å². The van der Waals surface area contributed by atoms with Gasteiger partial charge in [0, 0.05) is 19.2 Å². The molecule has 0 saturated carbocycles. The minimum absolute atomic E-state index is 0.416. The van der Waals surface area contributed by atoms with E-state index in [1.165, 1.54) is 5.56 Å². The maximum absolute atomic E-state index is 5.57. The zero-order chi connectivity index (χ0) is 13.9. The standard InChI is InChI=1S/C16H28N2O/c1-14(10-11-15-7-4-3-5-8-15)18-16(13-19-2)9-6-12-17/h3-5,7-8,14,16,18H,6,9-13,17H2,1-2H3. The lowest BCUT2D eigenvalue weighted by Crippen LogP contribution is -2.40. The highest BCUT2D eigenvalue weighted by Gasteiger charge is 2.11. The van der Waals surface area contributed by atoms with Crippen LogP contribution in [-0.2, 0) is 11.2 Å². The fourth-order valence-electron chi connectivity index (χ4n) is 2.29. The molecular weight excluding hydrogens is 236 g/mol. The molecule has 2 atom stereocenters. The molecule has 0 aliphatic rings. The van der Waals surface area contributed by atoms with Crippen LogP contribution in [0.5, 0.6) is 0 Å². The fraction of sp³-hybridized carbons (Fsp3) is 0.625. The highest BCUT2D eigenvalue weighted by Crippen LogP contribution is 2.06. The number of hydrogen-bond donors (Lipinski definition) is 2. The van der Waals surface area contributed by atoms with Gasteiger partial charge in [0.25, 0.3) is 0 Å². The van der Waals surface area contributed by atoms with Crippen molar-refractivity contribution in [3.8, 4) is 0 Å². The molecule has 0 amide bonds. The predicted octanol–water partition coefficient (Wildman–Crippen LogP) is 2.35. The number of aryl methyl sites for hydroxylation is 1. The molecule has 108 valence electrons. The quantitative estimate of drug-likeness (QED) is 0.682. The summed E-state index contributed by atoms with van der Waals surface area (Å²) < 4.78 is 5.26. The first-order valence-electron chi connectivity index (χ1n) is 7.25. The molecule has 19 heavy (non-hydrogen) atoms. The van der Waals surface area contributed by atoms with Gasteiger partial charge in [-0.25, -0.2) is 0 Å². The summed E-state index contributed by atoms with van der Waals surface area (Å²) in [5.74, 6) is 0. The van der Waals surface area contributed by atoms with E-state index in [1.807, 2.05) is 0 Å². The summed E-state index contributed by atoms with van der Waals surface area (Å²) in [5, 5.41) is 3.64. The van der Waals surface area contributed by atoms with Crippen molar-refractivity contribution in [2.45, 2.75) is 44.7 Å². The van der Waals surface area contributed by atoms with Gasteiger partial charge in [-0.2, -0.15) is 0 Å². The van der Waals surface area contributed by atoms with Crippen LogP contribution in [0.2, 0.25) is 0 Å². The summed E-state index contributed by atoms with van der Waals surface area (Å²) >= 11 is 0. The highest BCUT2D eigenvalue weighted by molar-refractivity contribution is 5.14. The molecule has 0 fully saturated rings. The topological polar surface area (TPSA) is 47.3 Å². The minimum atomic E-state index is 0.416. The molecule has 0 radical (unpaired) electrons. The predicted molar refractivity (Wildman–Crippen MR) is 81.3 cm³/mol. The van der Waals surface area contributed by atoms with Gasteiger partial charge in [-0.1, -0.05) is 30.3 Å². The van der Waals surface area contributed by atoms with Crippen molar-refractivity contribution in [1.29, 1.82) is 0 Å². The third kappa shape index (κ3) is 7.31. The van der Waals surface area contributed by atoms with E-state index < -0.39 is 0 Å². The summed E-state index contributed by atoms with van der Waals surface area (Å²) in [6.45, 7) is 3.75. The van der Waals surface area contributed by atoms with Gasteiger partial charge < -0.3 is 15.8 Å². The van der Waals surface area contributed by atoms with Crippen LogP contribution < -0.4 is 11.1 Å². The molecule has 0 aromatic heterocycles. The van der Waals surface area contributed by atoms with Gasteiger partial charge in [0.2, 0.25) is 0 Å². The Morgan fingerprint density at radius 1 is 1.21 bits per heavy atom. The zero-order valence-electron chi connectivity index (χ0n) is 12.3. The Morgan fingerprint density at radius 3 is 2.58 bits per heavy atom. The molecule has 0 bridgehead atoms. The third-order valence-corrected chi connectivity index (χ3v) is 3.35. The third-order valence-electron chi connectivity index (χ3n) is 3.35. The molecule has 1 rings (SSSR count). The Labute approximate surface area is 117 Å². The Hall–Kier alpha value is -0.900. The molecule has 0 saturated heterocycles. The van der Waals surface area contributed by atoms with E-state index in [9.17, 15) is 0 Å². The van der Waals surface area contributed by atoms with Gasteiger partial charge in [0.1, 0.15) is 0 Å². The van der Waals surface area contributed by atoms with Crippen LogP contribution >= 0.6 is 0 Å². The average molecular weight is 264 g/mol. The molecule has 1 aromatic rings. The Balaban J connectivity index is 2.29. The molecule has 3 N–H and O–H groups in total. The second-order valence-corrected chi connectivity index (χ2v) is 5.18. The monoisotopic (exact) mass is 264 g/mol. The molecular formula is C16H28N2O. The van der Waals surface area contributed by atoms with Crippen LogP contribution in [0.1, 0.15) is 31.7 Å². The maximum atomic E-state index is 5.57. The Morgan fingerprint density at radius 2 is 1.95 bits per heavy atom. The first kappa shape index (κ1) is 16.2. The van der Waals surface area contributed by atoms with Gasteiger partial charge >= 0.3 is 0 Å². The van der Waals surface area contributed by atoms with Crippen LogP contribution in [0.15, 0.2) is 30.3 Å². The first-order chi connectivity index (χ1) is 9.26. The second-order valence-electron chi connectivity index (χ2n) is 5.18. The second kappa shape index (κ2) is 9.96. The molecule has 0 aliphatic carbocycles. The van der Waals surface area contributed by atoms with Crippen molar-refractivity contribution >= 4 is 0 Å². The van der Waals surface area contributed by atoms with Crippen LogP contribution in [-0.4, -0.2) is 32.3 Å². The van der Waals surface area contributed by atoms with E-state index in [-0.39, 0.29) is 0 Å². The smallest absolute Gasteiger partial charge is 0.0615 e. The minimum Gasteiger partial charge on any atom is -0.383 e. The molecule has 0 aliphatic heterocycles. The number of benzene rings is 1. The van der Waals surface area contributed by atoms with Gasteiger partial charge in [0.05, 0.1) is 6.61 Å². The lowest BCUT2D eigenvalue weighted by molar-refractivity contribution is 0.156. The fourth-order valence-corrected chi connectivity index (χ4v) is 2.29. The van der Waals surface area contributed by atoms with Crippen molar-refractivity contribution in [2.75, 3.05) is 20.3 Å². The average Bonchev–Trinajstić information content (AvgIpc) is 2.44. The maximum Gasteiger partial charge on any atom is 0.0615 e. The molecule has 0 spiro atoms. The van der Waals surface area contributed by atoms with Gasteiger partial charge in [-0.05, 0) is 44.7 Å². The lowest BCUT2D eigenvalue weighted by Gasteiger charge is -2.22. The molecule has 1 aromatic carbocycles. The van der Waals surface area contributed by atoms with Crippen molar-refractivity contribution in [2.24, 2.45) is 5.73 Å². The zero-order valence-corrected chi connectivity index (χ0v) is 12.3. The van der Waals surface area contributed by atoms with Crippen molar-refractivity contribution in [3.63, 3.8) is 0 Å². The van der Waals surface area contributed by atoms with Gasteiger partial charge in [0.15, 0.2) is 0 Å². The van der Waals surface area contributed by atoms with Gasteiger partial charge in [-0.3, -0.25) is 0 Å². The van der Waals surface area contributed by atoms with E-state index >= 15 is 0 Å². The summed E-state index contributed by atoms with van der Waals surface area (Å²) in [4.78, 5) is 0. The van der Waals surface area contributed by atoms with E-state index in [4.69, 9.17) is 10.5 Å². The summed E-state index contributed by atoms with van der Waals surface area (Å²) in [6, 6.07) is 11.6. The number of hydrogen-bond acceptors (Lipinski definition) is 3. The Bertz CT molecular complexity index is 316. The van der Waals surface area contributed by atoms with Crippen LogP contribution in [0.4, 0.5) is 0 Å². The van der Waals surface area contributed by atoms with Crippen molar-refractivity contribution < 1.29 is 4.74 Å². The largest absolute Gasteiger partial charge is 0.383 e. The van der Waals surface area contributed by atoms with E-state index in [2.05, 4.69) is 42.6 Å². The number of nitrogens with one attached hydrogen (secondary N) is 1. The molecule has 0 heterocycles. The van der Waals surface area contributed by atoms with Crippen LogP contribution in [0.25, 0.3) is 0 Å². The Kier molecular flexibility index (Phi) is 8.47. The number of rotatable bonds is 10. The number of nitrogens with two attached hydrogens (primary N) is 1. The summed E-state index contributed by atoms with van der Waals surface area (Å²) in [6.07, 6.45) is 4.39.